The van der Waals surface area contributed by atoms with Crippen LogP contribution in [-0.4, -0.2) is 52.1 Å². The van der Waals surface area contributed by atoms with Crippen molar-refractivity contribution >= 4 is 67.5 Å². The summed E-state index contributed by atoms with van der Waals surface area (Å²) in [5, 5.41) is 16.2. The Morgan fingerprint density at radius 3 is 2.38 bits per heavy atom. The van der Waals surface area contributed by atoms with E-state index in [4.69, 9.17) is 5.41 Å². The van der Waals surface area contributed by atoms with Gasteiger partial charge in [-0.1, -0.05) is 12.1 Å². The van der Waals surface area contributed by atoms with Crippen LogP contribution in [0.25, 0.3) is 0 Å². The van der Waals surface area contributed by atoms with E-state index in [1.54, 1.807) is 54.0 Å². The van der Waals surface area contributed by atoms with Crippen molar-refractivity contribution in [2.45, 2.75) is 0 Å². The van der Waals surface area contributed by atoms with Gasteiger partial charge in [0.25, 0.3) is 11.8 Å². The fraction of sp³-hybridized carbons (Fsp3) is 0.182. The van der Waals surface area contributed by atoms with Gasteiger partial charge in [0.15, 0.2) is 0 Å². The van der Waals surface area contributed by atoms with Gasteiger partial charge in [0.05, 0.1) is 5.56 Å². The molecule has 1 aliphatic rings. The molecule has 3 N–H and O–H groups in total. The molecule has 0 unspecified atom stereocenters. The van der Waals surface area contributed by atoms with Crippen molar-refractivity contribution < 1.29 is 9.59 Å². The Hall–Kier alpha value is -2.69. The van der Waals surface area contributed by atoms with Gasteiger partial charge < -0.3 is 15.5 Å². The molecule has 0 spiro atoms. The highest BCUT2D eigenvalue weighted by atomic mass is 79.9. The number of pyridine rings is 1. The first-order valence-corrected chi connectivity index (χ1v) is 12.7. The number of hydrogen-bond donors (Lipinski definition) is 3. The Labute approximate surface area is 202 Å². The third-order valence-corrected chi connectivity index (χ3v) is 7.10. The topological polar surface area (TPSA) is 98.2 Å². The standard InChI is InChI=1S/C22H20BrN5O2S2/c23-16-5-6-18(25-13-16)26-21(30)17-7-10-32-22(17)27-20(29)15-3-1-14(2-4-15)19(24)28-8-11-31-12-9-28/h1-7,10,13,24H,8-9,11-12H2,(H,27,29)(H,25,26,30). The average Bonchev–Trinajstić information content (AvgIpc) is 3.29. The molecule has 1 fully saturated rings. The van der Waals surface area contributed by atoms with Crippen LogP contribution in [0.4, 0.5) is 10.8 Å². The fourth-order valence-corrected chi connectivity index (χ4v) is 5.06. The minimum absolute atomic E-state index is 0.310. The second-order valence-corrected chi connectivity index (χ2v) is 10.0. The van der Waals surface area contributed by atoms with Crippen LogP contribution in [0.3, 0.4) is 0 Å². The number of amidine groups is 1. The summed E-state index contributed by atoms with van der Waals surface area (Å²) in [6, 6.07) is 12.1. The molecule has 0 atom stereocenters. The van der Waals surface area contributed by atoms with E-state index in [1.165, 1.54) is 11.3 Å². The van der Waals surface area contributed by atoms with Gasteiger partial charge in [-0.05, 0) is 51.6 Å². The van der Waals surface area contributed by atoms with Crippen LogP contribution in [0.1, 0.15) is 26.3 Å². The molecule has 1 aromatic carbocycles. The van der Waals surface area contributed by atoms with E-state index < -0.39 is 0 Å². The quantitative estimate of drug-likeness (QED) is 0.326. The van der Waals surface area contributed by atoms with Crippen LogP contribution in [-0.2, 0) is 0 Å². The van der Waals surface area contributed by atoms with Crippen LogP contribution in [0.5, 0.6) is 0 Å². The van der Waals surface area contributed by atoms with Crippen molar-refractivity contribution in [3.8, 4) is 0 Å². The Balaban J connectivity index is 1.41. The minimum atomic E-state index is -0.347. The summed E-state index contributed by atoms with van der Waals surface area (Å²) in [5.41, 5.74) is 1.62. The van der Waals surface area contributed by atoms with Crippen LogP contribution in [0, 0.1) is 5.41 Å². The smallest absolute Gasteiger partial charge is 0.259 e. The maximum Gasteiger partial charge on any atom is 0.259 e. The van der Waals surface area contributed by atoms with Crippen molar-refractivity contribution in [2.75, 3.05) is 35.2 Å². The number of halogens is 1. The van der Waals surface area contributed by atoms with Gasteiger partial charge in [0.1, 0.15) is 16.7 Å². The monoisotopic (exact) mass is 529 g/mol. The van der Waals surface area contributed by atoms with Gasteiger partial charge in [0, 0.05) is 46.4 Å². The summed E-state index contributed by atoms with van der Waals surface area (Å²) >= 11 is 6.48. The Bertz CT molecular complexity index is 1130. The summed E-state index contributed by atoms with van der Waals surface area (Å²) in [7, 11) is 0. The summed E-state index contributed by atoms with van der Waals surface area (Å²) in [6.07, 6.45) is 1.60. The largest absolute Gasteiger partial charge is 0.355 e. The molecule has 3 heterocycles. The van der Waals surface area contributed by atoms with Crippen molar-refractivity contribution in [3.63, 3.8) is 0 Å². The molecule has 0 saturated carbocycles. The van der Waals surface area contributed by atoms with Crippen molar-refractivity contribution in [2.24, 2.45) is 0 Å². The number of rotatable bonds is 5. The van der Waals surface area contributed by atoms with E-state index >= 15 is 0 Å². The summed E-state index contributed by atoms with van der Waals surface area (Å²) < 4.78 is 0.815. The predicted octanol–water partition coefficient (Wildman–Crippen LogP) is 4.78. The molecule has 3 aromatic rings. The first-order valence-electron chi connectivity index (χ1n) is 9.85. The van der Waals surface area contributed by atoms with E-state index in [0.717, 1.165) is 34.6 Å². The number of hydrogen-bond acceptors (Lipinski definition) is 6. The summed E-state index contributed by atoms with van der Waals surface area (Å²) in [4.78, 5) is 31.6. The number of nitrogens with zero attached hydrogens (tertiary/aromatic N) is 2. The van der Waals surface area contributed by atoms with Crippen LogP contribution < -0.4 is 10.6 Å². The average molecular weight is 530 g/mol. The number of thiophene rings is 1. The van der Waals surface area contributed by atoms with Gasteiger partial charge in [-0.2, -0.15) is 11.8 Å². The van der Waals surface area contributed by atoms with E-state index in [-0.39, 0.29) is 11.8 Å². The molecule has 0 aliphatic carbocycles. The number of amides is 2. The predicted molar refractivity (Wildman–Crippen MR) is 134 cm³/mol. The molecule has 0 radical (unpaired) electrons. The van der Waals surface area contributed by atoms with E-state index in [1.807, 2.05) is 11.8 Å². The molecule has 7 nitrogen and oxygen atoms in total. The highest BCUT2D eigenvalue weighted by molar-refractivity contribution is 9.10. The highest BCUT2D eigenvalue weighted by Crippen LogP contribution is 2.25. The third kappa shape index (κ3) is 5.37. The Kier molecular flexibility index (Phi) is 7.23. The molecule has 1 aliphatic heterocycles. The first kappa shape index (κ1) is 22.5. The van der Waals surface area contributed by atoms with Gasteiger partial charge >= 0.3 is 0 Å². The number of benzene rings is 1. The molecule has 164 valence electrons. The number of carbonyl (C=O) groups excluding carboxylic acids is 2. The van der Waals surface area contributed by atoms with Gasteiger partial charge in [-0.15, -0.1) is 11.3 Å². The van der Waals surface area contributed by atoms with Crippen molar-refractivity contribution in [3.05, 3.63) is 75.2 Å². The summed E-state index contributed by atoms with van der Waals surface area (Å²) in [5.74, 6) is 2.30. The number of aromatic nitrogens is 1. The molecule has 4 rings (SSSR count). The molecule has 0 bridgehead atoms. The minimum Gasteiger partial charge on any atom is -0.355 e. The fourth-order valence-electron chi connectivity index (χ4n) is 3.14. The maximum atomic E-state index is 12.7. The van der Waals surface area contributed by atoms with Gasteiger partial charge in [-0.3, -0.25) is 15.0 Å². The lowest BCUT2D eigenvalue weighted by Gasteiger charge is -2.28. The number of nitrogens with one attached hydrogen (secondary N) is 3. The lowest BCUT2D eigenvalue weighted by atomic mass is 10.1. The van der Waals surface area contributed by atoms with E-state index in [2.05, 4.69) is 36.4 Å². The Morgan fingerprint density at radius 2 is 1.69 bits per heavy atom. The Morgan fingerprint density at radius 1 is 0.969 bits per heavy atom. The lowest BCUT2D eigenvalue weighted by molar-refractivity contribution is 0.102. The third-order valence-electron chi connectivity index (χ3n) is 4.85. The number of thioether (sulfide) groups is 1. The van der Waals surface area contributed by atoms with Crippen LogP contribution in [0.15, 0.2) is 58.5 Å². The second kappa shape index (κ2) is 10.3. The van der Waals surface area contributed by atoms with Gasteiger partial charge in [-0.25, -0.2) is 4.98 Å². The molecular weight excluding hydrogens is 510 g/mol. The molecule has 1 saturated heterocycles. The lowest BCUT2D eigenvalue weighted by Crippen LogP contribution is -2.37. The van der Waals surface area contributed by atoms with Crippen LogP contribution in [0.2, 0.25) is 0 Å². The first-order chi connectivity index (χ1) is 15.5. The van der Waals surface area contributed by atoms with Crippen LogP contribution >= 0.6 is 39.0 Å². The highest BCUT2D eigenvalue weighted by Gasteiger charge is 2.18. The number of anilines is 2. The molecule has 2 aromatic heterocycles. The maximum absolute atomic E-state index is 12.7. The summed E-state index contributed by atoms with van der Waals surface area (Å²) in [6.45, 7) is 1.73. The number of carbonyl (C=O) groups is 2. The molecule has 32 heavy (non-hydrogen) atoms. The molecule has 2 amide bonds. The second-order valence-electron chi connectivity index (χ2n) is 6.96. The zero-order valence-electron chi connectivity index (χ0n) is 16.9. The SMILES string of the molecule is N=C(c1ccc(C(=O)Nc2sccc2C(=O)Nc2ccc(Br)cn2)cc1)N1CCSCC1. The van der Waals surface area contributed by atoms with E-state index in [0.29, 0.717) is 27.8 Å². The van der Waals surface area contributed by atoms with Gasteiger partial charge in [0.2, 0.25) is 0 Å². The normalized spacial score (nSPS) is 13.5. The molecule has 10 heteroatoms. The zero-order chi connectivity index (χ0) is 22.5. The van der Waals surface area contributed by atoms with E-state index in [9.17, 15) is 9.59 Å². The van der Waals surface area contributed by atoms with Crippen molar-refractivity contribution in [1.82, 2.24) is 9.88 Å². The molecular formula is C22H20BrN5O2S2. The van der Waals surface area contributed by atoms with Crippen molar-refractivity contribution in [1.29, 1.82) is 5.41 Å². The zero-order valence-corrected chi connectivity index (χ0v) is 20.1.